The molecule has 0 fully saturated rings. The van der Waals surface area contributed by atoms with Crippen molar-refractivity contribution < 1.29 is 4.79 Å². The maximum Gasteiger partial charge on any atom is 0.271 e. The number of amides is 1. The van der Waals surface area contributed by atoms with E-state index in [0.717, 1.165) is 12.0 Å². The molecule has 1 heterocycles. The summed E-state index contributed by atoms with van der Waals surface area (Å²) in [5.74, 6) is 0.128. The average Bonchev–Trinajstić information content (AvgIpc) is 2.61. The van der Waals surface area contributed by atoms with Gasteiger partial charge in [0.05, 0.1) is 16.3 Å². The van der Waals surface area contributed by atoms with Gasteiger partial charge in [0.25, 0.3) is 5.91 Å². The Morgan fingerprint density at radius 3 is 2.67 bits per heavy atom. The summed E-state index contributed by atoms with van der Waals surface area (Å²) in [5, 5.41) is 4.82. The van der Waals surface area contributed by atoms with E-state index in [9.17, 15) is 4.79 Å². The number of rotatable bonds is 3. The summed E-state index contributed by atoms with van der Waals surface area (Å²) >= 11 is 11.8. The highest BCUT2D eigenvalue weighted by Gasteiger charge is 2.33. The Kier molecular flexibility index (Phi) is 5.50. The van der Waals surface area contributed by atoms with Gasteiger partial charge in [-0.15, -0.1) is 0 Å². The van der Waals surface area contributed by atoms with Gasteiger partial charge in [-0.2, -0.15) is 5.10 Å². The molecule has 1 N–H and O–H groups in total. The minimum Gasteiger partial charge on any atom is -0.369 e. The number of nitrogens with one attached hydrogen (secondary N) is 1. The highest BCUT2D eigenvalue weighted by Crippen LogP contribution is 2.42. The molecule has 0 saturated heterocycles. The lowest BCUT2D eigenvalue weighted by molar-refractivity contribution is 0.0955. The smallest absolute Gasteiger partial charge is 0.271 e. The summed E-state index contributed by atoms with van der Waals surface area (Å²) in [6.07, 6.45) is 2.74. The first-order chi connectivity index (χ1) is 12.7. The number of benzene rings is 2. The number of halogens is 2. The van der Waals surface area contributed by atoms with Gasteiger partial charge in [0.1, 0.15) is 0 Å². The number of hydrogen-bond acceptors (Lipinski definition) is 3. The standard InChI is InChI=1S/C21H23Cl2N3O/c1-13-11-21(2,3)26(4)19-8-5-14(9-16(13)19)12-24-25-20(27)15-6-7-17(22)18(23)10-15/h5-10,12-13H,11H2,1-4H3,(H,25,27)/b24-12-/t13-/m1/s1. The minimum absolute atomic E-state index is 0.135. The molecule has 6 heteroatoms. The Hall–Kier alpha value is -2.04. The molecule has 4 nitrogen and oxygen atoms in total. The van der Waals surface area contributed by atoms with Crippen LogP contribution in [-0.2, 0) is 0 Å². The van der Waals surface area contributed by atoms with E-state index in [-0.39, 0.29) is 11.4 Å². The third-order valence-electron chi connectivity index (χ3n) is 5.22. The topological polar surface area (TPSA) is 44.7 Å². The van der Waals surface area contributed by atoms with Crippen LogP contribution in [0.3, 0.4) is 0 Å². The van der Waals surface area contributed by atoms with Crippen LogP contribution < -0.4 is 10.3 Å². The van der Waals surface area contributed by atoms with Crippen molar-refractivity contribution in [3.63, 3.8) is 0 Å². The SMILES string of the molecule is C[C@@H]1CC(C)(C)N(C)c2ccc(/C=N\NC(=O)c3ccc(Cl)c(Cl)c3)cc21. The number of carbonyl (C=O) groups excluding carboxylic acids is 1. The number of fused-ring (bicyclic) bond motifs is 1. The van der Waals surface area contributed by atoms with E-state index in [2.05, 4.69) is 55.4 Å². The Bertz CT molecular complexity index is 908. The van der Waals surface area contributed by atoms with Crippen molar-refractivity contribution in [2.75, 3.05) is 11.9 Å². The average molecular weight is 404 g/mol. The fourth-order valence-electron chi connectivity index (χ4n) is 3.54. The lowest BCUT2D eigenvalue weighted by Crippen LogP contribution is -2.45. The first-order valence-corrected chi connectivity index (χ1v) is 9.61. The van der Waals surface area contributed by atoms with Crippen LogP contribution in [0.1, 0.15) is 54.6 Å². The zero-order valence-corrected chi connectivity index (χ0v) is 17.4. The van der Waals surface area contributed by atoms with Crippen LogP contribution in [0.4, 0.5) is 5.69 Å². The molecule has 0 bridgehead atoms. The molecular weight excluding hydrogens is 381 g/mol. The fraction of sp³-hybridized carbons (Fsp3) is 0.333. The summed E-state index contributed by atoms with van der Waals surface area (Å²) in [5.41, 5.74) is 6.56. The van der Waals surface area contributed by atoms with Crippen molar-refractivity contribution in [3.8, 4) is 0 Å². The highest BCUT2D eigenvalue weighted by atomic mass is 35.5. The second-order valence-corrected chi connectivity index (χ2v) is 8.44. The molecule has 0 radical (unpaired) electrons. The van der Waals surface area contributed by atoms with Crippen molar-refractivity contribution in [2.45, 2.75) is 38.6 Å². The van der Waals surface area contributed by atoms with E-state index in [1.807, 2.05) is 6.07 Å². The molecule has 1 aliphatic rings. The molecule has 142 valence electrons. The van der Waals surface area contributed by atoms with Crippen LogP contribution in [0.15, 0.2) is 41.5 Å². The fourth-order valence-corrected chi connectivity index (χ4v) is 3.84. The van der Waals surface area contributed by atoms with Gasteiger partial charge in [0.2, 0.25) is 0 Å². The molecule has 27 heavy (non-hydrogen) atoms. The highest BCUT2D eigenvalue weighted by molar-refractivity contribution is 6.42. The van der Waals surface area contributed by atoms with Crippen LogP contribution >= 0.6 is 23.2 Å². The predicted octanol–water partition coefficient (Wildman–Crippen LogP) is 5.48. The Balaban J connectivity index is 1.74. The summed E-state index contributed by atoms with van der Waals surface area (Å²) in [6.45, 7) is 6.78. The number of hydrazone groups is 1. The van der Waals surface area contributed by atoms with Crippen molar-refractivity contribution in [2.24, 2.45) is 5.10 Å². The van der Waals surface area contributed by atoms with Gasteiger partial charge in [-0.25, -0.2) is 5.43 Å². The number of carbonyl (C=O) groups is 1. The Morgan fingerprint density at radius 2 is 1.96 bits per heavy atom. The molecule has 0 saturated carbocycles. The van der Waals surface area contributed by atoms with Gasteiger partial charge in [0.15, 0.2) is 0 Å². The minimum atomic E-state index is -0.336. The van der Waals surface area contributed by atoms with E-state index in [1.54, 1.807) is 18.3 Å². The molecule has 0 spiro atoms. The third kappa shape index (κ3) is 4.12. The number of nitrogens with zero attached hydrogens (tertiary/aromatic N) is 2. The quantitative estimate of drug-likeness (QED) is 0.544. The van der Waals surface area contributed by atoms with Gasteiger partial charge in [-0.05, 0) is 67.6 Å². The zero-order valence-electron chi connectivity index (χ0n) is 15.9. The zero-order chi connectivity index (χ0) is 19.8. The van der Waals surface area contributed by atoms with Crippen LogP contribution in [0, 0.1) is 0 Å². The van der Waals surface area contributed by atoms with Gasteiger partial charge >= 0.3 is 0 Å². The van der Waals surface area contributed by atoms with Crippen molar-refractivity contribution in [3.05, 3.63) is 63.1 Å². The molecule has 1 atom stereocenters. The maximum absolute atomic E-state index is 12.2. The first kappa shape index (κ1) is 19.7. The van der Waals surface area contributed by atoms with Crippen LogP contribution in [0.5, 0.6) is 0 Å². The largest absolute Gasteiger partial charge is 0.369 e. The predicted molar refractivity (Wildman–Crippen MR) is 113 cm³/mol. The van der Waals surface area contributed by atoms with Crippen molar-refractivity contribution in [1.29, 1.82) is 0 Å². The molecular formula is C21H23Cl2N3O. The van der Waals surface area contributed by atoms with Crippen LogP contribution in [0.2, 0.25) is 10.0 Å². The monoisotopic (exact) mass is 403 g/mol. The first-order valence-electron chi connectivity index (χ1n) is 8.85. The third-order valence-corrected chi connectivity index (χ3v) is 5.96. The lowest BCUT2D eigenvalue weighted by atomic mass is 9.80. The van der Waals surface area contributed by atoms with Crippen LogP contribution in [-0.4, -0.2) is 24.7 Å². The normalized spacial score (nSPS) is 18.4. The number of hydrogen-bond donors (Lipinski definition) is 1. The maximum atomic E-state index is 12.2. The van der Waals surface area contributed by atoms with E-state index in [0.29, 0.717) is 21.5 Å². The van der Waals surface area contributed by atoms with Gasteiger partial charge in [-0.1, -0.05) is 36.2 Å². The van der Waals surface area contributed by atoms with Crippen LogP contribution in [0.25, 0.3) is 0 Å². The molecule has 0 unspecified atom stereocenters. The second-order valence-electron chi connectivity index (χ2n) is 7.62. The molecule has 0 aromatic heterocycles. The molecule has 1 amide bonds. The molecule has 3 rings (SSSR count). The summed E-state index contributed by atoms with van der Waals surface area (Å²) in [6, 6.07) is 11.0. The van der Waals surface area contributed by atoms with Crippen molar-refractivity contribution in [1.82, 2.24) is 5.43 Å². The lowest BCUT2D eigenvalue weighted by Gasteiger charge is -2.45. The molecule has 1 aliphatic heterocycles. The molecule has 2 aromatic carbocycles. The van der Waals surface area contributed by atoms with E-state index >= 15 is 0 Å². The van der Waals surface area contributed by atoms with Crippen molar-refractivity contribution >= 4 is 41.0 Å². The summed E-state index contributed by atoms with van der Waals surface area (Å²) < 4.78 is 0. The Morgan fingerprint density at radius 1 is 1.22 bits per heavy atom. The van der Waals surface area contributed by atoms with E-state index < -0.39 is 0 Å². The van der Waals surface area contributed by atoms with Gasteiger partial charge in [0, 0.05) is 23.8 Å². The van der Waals surface area contributed by atoms with Gasteiger partial charge in [-0.3, -0.25) is 4.79 Å². The summed E-state index contributed by atoms with van der Waals surface area (Å²) in [4.78, 5) is 14.5. The Labute approximate surface area is 170 Å². The number of anilines is 1. The summed E-state index contributed by atoms with van der Waals surface area (Å²) in [7, 11) is 2.13. The molecule has 2 aromatic rings. The van der Waals surface area contributed by atoms with Gasteiger partial charge < -0.3 is 4.90 Å². The van der Waals surface area contributed by atoms with E-state index in [1.165, 1.54) is 17.3 Å². The van der Waals surface area contributed by atoms with E-state index in [4.69, 9.17) is 23.2 Å². The second kappa shape index (κ2) is 7.53. The molecule has 0 aliphatic carbocycles.